The van der Waals surface area contributed by atoms with Crippen molar-refractivity contribution in [2.75, 3.05) is 25.5 Å². The number of alkyl halides is 3. The van der Waals surface area contributed by atoms with Gasteiger partial charge in [0.2, 0.25) is 5.95 Å². The Labute approximate surface area is 238 Å². The first kappa shape index (κ1) is 31.5. The van der Waals surface area contributed by atoms with Crippen molar-refractivity contribution in [3.63, 3.8) is 0 Å². The van der Waals surface area contributed by atoms with Crippen molar-refractivity contribution in [2.45, 2.75) is 77.1 Å². The number of nitrogens with one attached hydrogen (secondary N) is 3. The Morgan fingerprint density at radius 1 is 1.23 bits per heavy atom. The minimum atomic E-state index is -4.63. The Bertz CT molecular complexity index is 1290. The fraction of sp³-hybridized carbons (Fsp3) is 0.536. The molecule has 2 heterocycles. The summed E-state index contributed by atoms with van der Waals surface area (Å²) < 4.78 is 50.5. The van der Waals surface area contributed by atoms with E-state index in [-0.39, 0.29) is 29.7 Å². The fourth-order valence-electron chi connectivity index (χ4n) is 4.13. The van der Waals surface area contributed by atoms with E-state index >= 15 is 0 Å². The molecule has 0 aliphatic rings. The van der Waals surface area contributed by atoms with E-state index in [0.29, 0.717) is 29.6 Å². The molecule has 1 aromatic carbocycles. The van der Waals surface area contributed by atoms with Crippen LogP contribution in [0.5, 0.6) is 0 Å². The number of ether oxygens (including phenoxy) is 1. The highest BCUT2D eigenvalue weighted by atomic mass is 32.2. The van der Waals surface area contributed by atoms with Gasteiger partial charge in [0, 0.05) is 52.9 Å². The SMILES string of the molecule is CCCCN(CC(C)C(C)Nc1ncc(C(F)(F)F)c(-c2c[nH]c3cc(SNC)ccc23)n1)C(=O)OC(C)(C)C. The lowest BCUT2D eigenvalue weighted by atomic mass is 10.0. The number of aromatic amines is 1. The molecular formula is C28H39F3N6O2S. The van der Waals surface area contributed by atoms with Gasteiger partial charge in [-0.15, -0.1) is 0 Å². The van der Waals surface area contributed by atoms with Crippen molar-refractivity contribution >= 4 is 34.9 Å². The molecule has 0 saturated heterocycles. The highest BCUT2D eigenvalue weighted by molar-refractivity contribution is 7.97. The third kappa shape index (κ3) is 8.26. The first-order valence-electron chi connectivity index (χ1n) is 13.4. The fourth-order valence-corrected chi connectivity index (χ4v) is 4.68. The summed E-state index contributed by atoms with van der Waals surface area (Å²) in [5.74, 6) is 0.00587. The zero-order valence-electron chi connectivity index (χ0n) is 24.1. The second-order valence-electron chi connectivity index (χ2n) is 10.9. The predicted molar refractivity (Wildman–Crippen MR) is 154 cm³/mol. The third-order valence-corrected chi connectivity index (χ3v) is 7.07. The number of benzene rings is 1. The van der Waals surface area contributed by atoms with Crippen LogP contribution in [0.15, 0.2) is 35.5 Å². The molecule has 3 aromatic rings. The average molecular weight is 581 g/mol. The standard InChI is InChI=1S/C28H39F3N6O2S/c1-8-9-12-37(26(38)39-27(4,5)6)16-17(2)18(3)35-25-34-15-22(28(29,30)31)24(36-25)21-14-33-23-13-19(40-32-7)10-11-20(21)23/h10-11,13-15,17-18,32-33H,8-9,12,16H2,1-7H3,(H,34,35,36). The van der Waals surface area contributed by atoms with Gasteiger partial charge in [-0.3, -0.25) is 4.72 Å². The second kappa shape index (κ2) is 13.1. The first-order valence-corrected chi connectivity index (χ1v) is 14.2. The molecule has 0 radical (unpaired) electrons. The number of halogens is 3. The molecule has 1 amide bonds. The zero-order chi connectivity index (χ0) is 29.7. The molecule has 2 unspecified atom stereocenters. The lowest BCUT2D eigenvalue weighted by Gasteiger charge is -2.31. The summed E-state index contributed by atoms with van der Waals surface area (Å²) in [7, 11) is 1.79. The summed E-state index contributed by atoms with van der Waals surface area (Å²) in [6, 6.07) is 5.24. The number of carbonyl (C=O) groups excluding carboxylic acids is 1. The van der Waals surface area contributed by atoms with Crippen LogP contribution in [0.3, 0.4) is 0 Å². The maximum absolute atomic E-state index is 14.0. The van der Waals surface area contributed by atoms with E-state index in [4.69, 9.17) is 4.74 Å². The van der Waals surface area contributed by atoms with Gasteiger partial charge < -0.3 is 19.9 Å². The maximum atomic E-state index is 14.0. The molecule has 2 atom stereocenters. The van der Waals surface area contributed by atoms with Gasteiger partial charge >= 0.3 is 12.3 Å². The van der Waals surface area contributed by atoms with Gasteiger partial charge in [0.1, 0.15) is 11.2 Å². The molecule has 8 nitrogen and oxygen atoms in total. The summed E-state index contributed by atoms with van der Waals surface area (Å²) in [6.45, 7) is 12.3. The molecule has 3 N–H and O–H groups in total. The Kier molecular flexibility index (Phi) is 10.3. The molecule has 3 rings (SSSR count). The number of nitrogens with zero attached hydrogens (tertiary/aromatic N) is 3. The van der Waals surface area contributed by atoms with Gasteiger partial charge in [0.15, 0.2) is 0 Å². The molecule has 0 fully saturated rings. The quantitative estimate of drug-likeness (QED) is 0.204. The Morgan fingerprint density at radius 3 is 2.58 bits per heavy atom. The number of fused-ring (bicyclic) bond motifs is 1. The van der Waals surface area contributed by atoms with E-state index in [1.807, 2.05) is 46.8 Å². The van der Waals surface area contributed by atoms with Gasteiger partial charge in [-0.2, -0.15) is 13.2 Å². The molecule has 0 bridgehead atoms. The van der Waals surface area contributed by atoms with Crippen LogP contribution in [0.1, 0.15) is 59.9 Å². The van der Waals surface area contributed by atoms with E-state index < -0.39 is 17.3 Å². The van der Waals surface area contributed by atoms with Crippen LogP contribution >= 0.6 is 11.9 Å². The van der Waals surface area contributed by atoms with Gasteiger partial charge in [0.25, 0.3) is 0 Å². The molecule has 220 valence electrons. The summed E-state index contributed by atoms with van der Waals surface area (Å²) in [5.41, 5.74) is -0.695. The lowest BCUT2D eigenvalue weighted by Crippen LogP contribution is -2.42. The van der Waals surface area contributed by atoms with E-state index in [1.54, 1.807) is 24.2 Å². The van der Waals surface area contributed by atoms with Gasteiger partial charge in [-0.25, -0.2) is 14.8 Å². The van der Waals surface area contributed by atoms with Crippen molar-refractivity contribution < 1.29 is 22.7 Å². The molecule has 0 saturated carbocycles. The van der Waals surface area contributed by atoms with Gasteiger partial charge in [-0.05, 0) is 71.2 Å². The van der Waals surface area contributed by atoms with Crippen LogP contribution in [-0.4, -0.2) is 57.7 Å². The highest BCUT2D eigenvalue weighted by Gasteiger charge is 2.36. The van der Waals surface area contributed by atoms with Crippen LogP contribution in [0.4, 0.5) is 23.9 Å². The van der Waals surface area contributed by atoms with Crippen LogP contribution in [0.2, 0.25) is 0 Å². The largest absolute Gasteiger partial charge is 0.444 e. The molecule has 0 aliphatic heterocycles. The molecule has 0 spiro atoms. The number of hydrogen-bond donors (Lipinski definition) is 3. The molecule has 40 heavy (non-hydrogen) atoms. The van der Waals surface area contributed by atoms with Crippen molar-refractivity contribution in [1.29, 1.82) is 0 Å². The van der Waals surface area contributed by atoms with E-state index in [0.717, 1.165) is 23.9 Å². The minimum Gasteiger partial charge on any atom is -0.444 e. The summed E-state index contributed by atoms with van der Waals surface area (Å²) in [4.78, 5) is 26.8. The first-order chi connectivity index (χ1) is 18.7. The van der Waals surface area contributed by atoms with Crippen LogP contribution < -0.4 is 10.0 Å². The maximum Gasteiger partial charge on any atom is 0.419 e. The second-order valence-corrected chi connectivity index (χ2v) is 11.9. The summed E-state index contributed by atoms with van der Waals surface area (Å²) >= 11 is 1.41. The normalized spacial score (nSPS) is 13.8. The highest BCUT2D eigenvalue weighted by Crippen LogP contribution is 2.39. The third-order valence-electron chi connectivity index (χ3n) is 6.37. The van der Waals surface area contributed by atoms with Crippen LogP contribution in [-0.2, 0) is 10.9 Å². The number of amides is 1. The van der Waals surface area contributed by atoms with Gasteiger partial charge in [0.05, 0.1) is 5.69 Å². The number of hydrogen-bond acceptors (Lipinski definition) is 7. The predicted octanol–water partition coefficient (Wildman–Crippen LogP) is 7.34. The zero-order valence-corrected chi connectivity index (χ0v) is 24.9. The lowest BCUT2D eigenvalue weighted by molar-refractivity contribution is -0.137. The number of H-pyrrole nitrogens is 1. The van der Waals surface area contributed by atoms with E-state index in [1.165, 1.54) is 11.9 Å². The van der Waals surface area contributed by atoms with Crippen molar-refractivity contribution in [3.8, 4) is 11.3 Å². The number of rotatable bonds is 11. The molecule has 12 heteroatoms. The molecule has 0 aliphatic carbocycles. The van der Waals surface area contributed by atoms with Crippen LogP contribution in [0.25, 0.3) is 22.2 Å². The van der Waals surface area contributed by atoms with Crippen molar-refractivity contribution in [2.24, 2.45) is 5.92 Å². The Hall–Kier alpha value is -2.99. The number of unbranched alkanes of at least 4 members (excludes halogenated alkanes) is 1. The Balaban J connectivity index is 1.86. The van der Waals surface area contributed by atoms with Crippen molar-refractivity contribution in [1.82, 2.24) is 24.6 Å². The summed E-state index contributed by atoms with van der Waals surface area (Å²) in [6.07, 6.45) is -0.903. The van der Waals surface area contributed by atoms with Gasteiger partial charge in [-0.1, -0.05) is 26.3 Å². The smallest absolute Gasteiger partial charge is 0.419 e. The topological polar surface area (TPSA) is 95.2 Å². The molecule has 2 aromatic heterocycles. The number of carbonyl (C=O) groups is 1. The van der Waals surface area contributed by atoms with E-state index in [9.17, 15) is 18.0 Å². The van der Waals surface area contributed by atoms with E-state index in [2.05, 4.69) is 31.9 Å². The van der Waals surface area contributed by atoms with Crippen LogP contribution in [0, 0.1) is 5.92 Å². The molecular weight excluding hydrogens is 541 g/mol. The van der Waals surface area contributed by atoms with Crippen molar-refractivity contribution in [3.05, 3.63) is 36.2 Å². The minimum absolute atomic E-state index is 0.0742. The number of anilines is 1. The summed E-state index contributed by atoms with van der Waals surface area (Å²) in [5, 5.41) is 3.78. The monoisotopic (exact) mass is 580 g/mol. The number of aromatic nitrogens is 3. The Morgan fingerprint density at radius 2 is 1.95 bits per heavy atom. The average Bonchev–Trinajstić information content (AvgIpc) is 3.28.